The van der Waals surface area contributed by atoms with E-state index >= 15 is 0 Å². The lowest BCUT2D eigenvalue weighted by Gasteiger charge is -2.39. The van der Waals surface area contributed by atoms with Crippen molar-refractivity contribution < 1.29 is 4.48 Å². The summed E-state index contributed by atoms with van der Waals surface area (Å²) >= 11 is 0. The van der Waals surface area contributed by atoms with Crippen molar-refractivity contribution in [2.45, 2.75) is 25.8 Å². The number of hydrogen-bond donors (Lipinski definition) is 0. The molecule has 0 atom stereocenters. The molecule has 0 amide bonds. The molecule has 1 saturated heterocycles. The van der Waals surface area contributed by atoms with Crippen LogP contribution >= 0.6 is 0 Å². The van der Waals surface area contributed by atoms with Gasteiger partial charge in [-0.3, -0.25) is 0 Å². The van der Waals surface area contributed by atoms with Crippen molar-refractivity contribution >= 4 is 0 Å². The van der Waals surface area contributed by atoms with Gasteiger partial charge in [-0.25, -0.2) is 0 Å². The zero-order valence-corrected chi connectivity index (χ0v) is 9.01. The van der Waals surface area contributed by atoms with Crippen molar-refractivity contribution in [2.24, 2.45) is 0 Å². The highest BCUT2D eigenvalue weighted by Crippen LogP contribution is 2.17. The molecule has 0 bridgehead atoms. The standard InChI is InChI=1S/C10H23N2/c1-5-11-8-6-10(7-9-11)12(2,3)4/h10H,5-9H2,1-4H3/q+1. The molecule has 0 spiro atoms. The fraction of sp³-hybridized carbons (Fsp3) is 1.00. The van der Waals surface area contributed by atoms with Crippen LogP contribution in [0, 0.1) is 0 Å². The van der Waals surface area contributed by atoms with Gasteiger partial charge in [-0.2, -0.15) is 0 Å². The lowest BCUT2D eigenvalue weighted by Crippen LogP contribution is -2.51. The number of hydrogen-bond acceptors (Lipinski definition) is 1. The summed E-state index contributed by atoms with van der Waals surface area (Å²) in [6, 6.07) is 0.882. The molecular formula is C10H23N2+. The average molecular weight is 171 g/mol. The van der Waals surface area contributed by atoms with Gasteiger partial charge in [-0.1, -0.05) is 6.92 Å². The van der Waals surface area contributed by atoms with E-state index in [1.54, 1.807) is 0 Å². The van der Waals surface area contributed by atoms with Gasteiger partial charge >= 0.3 is 0 Å². The van der Waals surface area contributed by atoms with Crippen LogP contribution in [-0.4, -0.2) is 56.2 Å². The summed E-state index contributed by atoms with van der Waals surface area (Å²) in [5.41, 5.74) is 0. The zero-order chi connectivity index (χ0) is 9.19. The normalized spacial score (nSPS) is 23.0. The van der Waals surface area contributed by atoms with Gasteiger partial charge in [0.25, 0.3) is 0 Å². The molecule has 1 heterocycles. The minimum absolute atomic E-state index is 0.882. The summed E-state index contributed by atoms with van der Waals surface area (Å²) in [5, 5.41) is 0. The molecule has 0 aliphatic carbocycles. The van der Waals surface area contributed by atoms with Crippen LogP contribution in [0.2, 0.25) is 0 Å². The first kappa shape index (κ1) is 10.0. The molecule has 1 fully saturated rings. The molecule has 0 aromatic rings. The van der Waals surface area contributed by atoms with Crippen LogP contribution in [0.5, 0.6) is 0 Å². The van der Waals surface area contributed by atoms with Gasteiger partial charge in [0.2, 0.25) is 0 Å². The molecule has 1 aliphatic heterocycles. The minimum Gasteiger partial charge on any atom is -0.328 e. The average Bonchev–Trinajstić information content (AvgIpc) is 2.03. The summed E-state index contributed by atoms with van der Waals surface area (Å²) in [5.74, 6) is 0. The molecule has 1 rings (SSSR count). The second-order valence-corrected chi connectivity index (χ2v) is 4.78. The third-order valence-electron chi connectivity index (χ3n) is 3.10. The van der Waals surface area contributed by atoms with Gasteiger partial charge in [0.15, 0.2) is 0 Å². The van der Waals surface area contributed by atoms with E-state index in [1.807, 2.05) is 0 Å². The van der Waals surface area contributed by atoms with E-state index in [-0.39, 0.29) is 0 Å². The highest BCUT2D eigenvalue weighted by Gasteiger charge is 2.27. The highest BCUT2D eigenvalue weighted by molar-refractivity contribution is 4.71. The molecule has 2 nitrogen and oxygen atoms in total. The molecule has 0 aromatic carbocycles. The van der Waals surface area contributed by atoms with Gasteiger partial charge in [-0.15, -0.1) is 0 Å². The molecule has 0 aromatic heterocycles. The van der Waals surface area contributed by atoms with E-state index in [4.69, 9.17) is 0 Å². The fourth-order valence-corrected chi connectivity index (χ4v) is 2.01. The van der Waals surface area contributed by atoms with Crippen LogP contribution in [0.1, 0.15) is 19.8 Å². The zero-order valence-electron chi connectivity index (χ0n) is 9.01. The Morgan fingerprint density at radius 3 is 2.00 bits per heavy atom. The second kappa shape index (κ2) is 3.75. The highest BCUT2D eigenvalue weighted by atomic mass is 15.3. The SMILES string of the molecule is CCN1CCC([N+](C)(C)C)CC1. The third kappa shape index (κ3) is 2.46. The maximum absolute atomic E-state index is 2.55. The first-order valence-corrected chi connectivity index (χ1v) is 5.07. The Labute approximate surface area is 76.7 Å². The van der Waals surface area contributed by atoms with E-state index in [2.05, 4.69) is 33.0 Å². The summed E-state index contributed by atoms with van der Waals surface area (Å²) in [4.78, 5) is 2.55. The van der Waals surface area contributed by atoms with Crippen LogP contribution in [0.3, 0.4) is 0 Å². The second-order valence-electron chi connectivity index (χ2n) is 4.78. The molecule has 0 saturated carbocycles. The number of piperidine rings is 1. The predicted molar refractivity (Wildman–Crippen MR) is 53.2 cm³/mol. The first-order chi connectivity index (χ1) is 5.54. The number of nitrogens with zero attached hydrogens (tertiary/aromatic N) is 2. The van der Waals surface area contributed by atoms with E-state index in [0.29, 0.717) is 0 Å². The van der Waals surface area contributed by atoms with Crippen LogP contribution in [0.4, 0.5) is 0 Å². The van der Waals surface area contributed by atoms with Gasteiger partial charge < -0.3 is 9.38 Å². The largest absolute Gasteiger partial charge is 0.328 e. The van der Waals surface area contributed by atoms with E-state index in [0.717, 1.165) is 10.5 Å². The Hall–Kier alpha value is -0.0800. The van der Waals surface area contributed by atoms with Crippen LogP contribution in [0.15, 0.2) is 0 Å². The third-order valence-corrected chi connectivity index (χ3v) is 3.10. The van der Waals surface area contributed by atoms with Crippen molar-refractivity contribution in [1.29, 1.82) is 0 Å². The minimum atomic E-state index is 0.882. The summed E-state index contributed by atoms with van der Waals surface area (Å²) in [7, 11) is 6.94. The van der Waals surface area contributed by atoms with Gasteiger partial charge in [0.05, 0.1) is 27.2 Å². The van der Waals surface area contributed by atoms with E-state index in [1.165, 1.54) is 32.5 Å². The molecular weight excluding hydrogens is 148 g/mol. The summed E-state index contributed by atoms with van der Waals surface area (Å²) in [6.45, 7) is 6.09. The van der Waals surface area contributed by atoms with Crippen molar-refractivity contribution in [3.63, 3.8) is 0 Å². The lowest BCUT2D eigenvalue weighted by molar-refractivity contribution is -0.897. The van der Waals surface area contributed by atoms with Gasteiger partial charge in [0.1, 0.15) is 0 Å². The monoisotopic (exact) mass is 171 g/mol. The Balaban J connectivity index is 2.36. The fourth-order valence-electron chi connectivity index (χ4n) is 2.01. The molecule has 0 unspecified atom stereocenters. The molecule has 0 N–H and O–H groups in total. The van der Waals surface area contributed by atoms with Gasteiger partial charge in [0, 0.05) is 25.9 Å². The van der Waals surface area contributed by atoms with Crippen molar-refractivity contribution in [3.8, 4) is 0 Å². The molecule has 72 valence electrons. The first-order valence-electron chi connectivity index (χ1n) is 5.07. The lowest BCUT2D eigenvalue weighted by atomic mass is 10.0. The van der Waals surface area contributed by atoms with Crippen molar-refractivity contribution in [2.75, 3.05) is 40.8 Å². The van der Waals surface area contributed by atoms with Crippen LogP contribution in [0.25, 0.3) is 0 Å². The smallest absolute Gasteiger partial charge is 0.0908 e. The summed E-state index contributed by atoms with van der Waals surface area (Å²) in [6.07, 6.45) is 2.74. The van der Waals surface area contributed by atoms with Crippen LogP contribution < -0.4 is 0 Å². The predicted octanol–water partition coefficient (Wildman–Crippen LogP) is 1.18. The van der Waals surface area contributed by atoms with Gasteiger partial charge in [-0.05, 0) is 6.54 Å². The van der Waals surface area contributed by atoms with Crippen molar-refractivity contribution in [1.82, 2.24) is 4.90 Å². The number of quaternary nitrogens is 1. The van der Waals surface area contributed by atoms with Crippen LogP contribution in [-0.2, 0) is 0 Å². The molecule has 1 aliphatic rings. The summed E-state index contributed by atoms with van der Waals surface area (Å²) < 4.78 is 1.14. The molecule has 2 heteroatoms. The van der Waals surface area contributed by atoms with E-state index in [9.17, 15) is 0 Å². The Morgan fingerprint density at radius 1 is 1.17 bits per heavy atom. The quantitative estimate of drug-likeness (QED) is 0.564. The van der Waals surface area contributed by atoms with Crippen molar-refractivity contribution in [3.05, 3.63) is 0 Å². The Kier molecular flexibility index (Phi) is 3.13. The number of likely N-dealkylation sites (tertiary alicyclic amines) is 1. The van der Waals surface area contributed by atoms with E-state index < -0.39 is 0 Å². The molecule has 12 heavy (non-hydrogen) atoms. The Bertz CT molecular complexity index is 129. The number of rotatable bonds is 2. The molecule has 0 radical (unpaired) electrons. The Morgan fingerprint density at radius 2 is 1.67 bits per heavy atom. The topological polar surface area (TPSA) is 3.24 Å². The maximum atomic E-state index is 2.55. The maximum Gasteiger partial charge on any atom is 0.0908 e.